The number of aromatic nitrogens is 3. The van der Waals surface area contributed by atoms with Crippen molar-refractivity contribution in [3.63, 3.8) is 0 Å². The molecule has 0 saturated carbocycles. The number of ether oxygens (including phenoxy) is 1. The van der Waals surface area contributed by atoms with Crippen LogP contribution < -0.4 is 4.74 Å². The number of hydrogen-bond donors (Lipinski definition) is 0. The van der Waals surface area contributed by atoms with Crippen molar-refractivity contribution in [1.82, 2.24) is 19.4 Å². The van der Waals surface area contributed by atoms with E-state index in [9.17, 15) is 13.2 Å². The summed E-state index contributed by atoms with van der Waals surface area (Å²) in [5, 5.41) is 0.644. The third kappa shape index (κ3) is 4.38. The molecule has 0 atom stereocenters. The molecule has 1 aliphatic rings. The Kier molecular flexibility index (Phi) is 5.23. The Morgan fingerprint density at radius 3 is 2.62 bits per heavy atom. The molecule has 3 heterocycles. The van der Waals surface area contributed by atoms with Gasteiger partial charge >= 0.3 is 6.36 Å². The van der Waals surface area contributed by atoms with Gasteiger partial charge in [-0.05, 0) is 35.9 Å². The van der Waals surface area contributed by atoms with Crippen LogP contribution in [0.4, 0.5) is 13.2 Å². The fraction of sp³-hybridized carbons (Fsp3) is 0.300. The molecule has 0 saturated heterocycles. The summed E-state index contributed by atoms with van der Waals surface area (Å²) in [6, 6.07) is 7.69. The predicted octanol–water partition coefficient (Wildman–Crippen LogP) is 4.59. The first-order valence-corrected chi connectivity index (χ1v) is 9.39. The normalized spacial score (nSPS) is 14.7. The number of nitrogens with zero attached hydrogens (tertiary/aromatic N) is 4. The van der Waals surface area contributed by atoms with Gasteiger partial charge in [-0.3, -0.25) is 9.88 Å². The lowest BCUT2D eigenvalue weighted by molar-refractivity contribution is -0.274. The maximum absolute atomic E-state index is 12.3. The molecule has 0 unspecified atom stereocenters. The molecule has 29 heavy (non-hydrogen) atoms. The number of benzene rings is 1. The second-order valence-electron chi connectivity index (χ2n) is 6.89. The highest BCUT2D eigenvalue weighted by Gasteiger charge is 2.31. The van der Waals surface area contributed by atoms with Crippen LogP contribution in [0.1, 0.15) is 17.0 Å². The van der Waals surface area contributed by atoms with Gasteiger partial charge in [0.1, 0.15) is 11.6 Å². The molecule has 3 aromatic rings. The molecule has 2 aromatic heterocycles. The molecular weight excluding hydrogens is 405 g/mol. The number of alkyl halides is 3. The summed E-state index contributed by atoms with van der Waals surface area (Å²) in [6.45, 7) is 2.28. The van der Waals surface area contributed by atoms with Crippen molar-refractivity contribution in [2.75, 3.05) is 6.54 Å². The fourth-order valence-corrected chi connectivity index (χ4v) is 3.69. The Balaban J connectivity index is 1.53. The average Bonchev–Trinajstić information content (AvgIpc) is 2.99. The van der Waals surface area contributed by atoms with E-state index in [-0.39, 0.29) is 5.75 Å². The number of halogens is 4. The van der Waals surface area contributed by atoms with Gasteiger partial charge < -0.3 is 9.30 Å². The average molecular weight is 423 g/mol. The third-order valence-electron chi connectivity index (χ3n) is 4.93. The Bertz CT molecular complexity index is 1020. The first-order valence-electron chi connectivity index (χ1n) is 9.01. The van der Waals surface area contributed by atoms with E-state index in [1.54, 1.807) is 24.5 Å². The zero-order valence-electron chi connectivity index (χ0n) is 15.6. The van der Waals surface area contributed by atoms with Crippen molar-refractivity contribution in [3.8, 4) is 17.1 Å². The highest BCUT2D eigenvalue weighted by atomic mass is 35.5. The van der Waals surface area contributed by atoms with E-state index < -0.39 is 6.36 Å². The molecule has 0 N–H and O–H groups in total. The Morgan fingerprint density at radius 1 is 1.17 bits per heavy atom. The van der Waals surface area contributed by atoms with Gasteiger partial charge in [0.25, 0.3) is 0 Å². The van der Waals surface area contributed by atoms with E-state index in [0.29, 0.717) is 18.1 Å². The van der Waals surface area contributed by atoms with Crippen molar-refractivity contribution in [3.05, 3.63) is 64.7 Å². The zero-order chi connectivity index (χ0) is 20.6. The van der Waals surface area contributed by atoms with E-state index in [1.807, 2.05) is 17.7 Å². The van der Waals surface area contributed by atoms with Crippen LogP contribution in [0, 0.1) is 0 Å². The highest BCUT2D eigenvalue weighted by Crippen LogP contribution is 2.29. The van der Waals surface area contributed by atoms with Gasteiger partial charge in [-0.1, -0.05) is 11.6 Å². The van der Waals surface area contributed by atoms with Gasteiger partial charge in [-0.25, -0.2) is 4.98 Å². The van der Waals surface area contributed by atoms with Crippen molar-refractivity contribution < 1.29 is 17.9 Å². The molecule has 0 fully saturated rings. The zero-order valence-corrected chi connectivity index (χ0v) is 16.3. The molecule has 0 radical (unpaired) electrons. The van der Waals surface area contributed by atoms with Gasteiger partial charge in [0.2, 0.25) is 0 Å². The van der Waals surface area contributed by atoms with Crippen LogP contribution in [-0.4, -0.2) is 32.3 Å². The summed E-state index contributed by atoms with van der Waals surface area (Å²) in [5.74, 6) is 0.470. The summed E-state index contributed by atoms with van der Waals surface area (Å²) in [4.78, 5) is 11.0. The van der Waals surface area contributed by atoms with E-state index >= 15 is 0 Å². The molecule has 152 valence electrons. The van der Waals surface area contributed by atoms with Crippen LogP contribution in [-0.2, 0) is 26.6 Å². The van der Waals surface area contributed by atoms with Crippen molar-refractivity contribution in [1.29, 1.82) is 0 Å². The Morgan fingerprint density at radius 2 is 1.93 bits per heavy atom. The first-order chi connectivity index (χ1) is 13.8. The fourth-order valence-electron chi connectivity index (χ4n) is 3.51. The van der Waals surface area contributed by atoms with Crippen LogP contribution in [0.2, 0.25) is 5.02 Å². The quantitative estimate of drug-likeness (QED) is 0.616. The van der Waals surface area contributed by atoms with Crippen molar-refractivity contribution in [2.24, 2.45) is 7.05 Å². The minimum absolute atomic E-state index is 0.249. The van der Waals surface area contributed by atoms with E-state index in [4.69, 9.17) is 16.6 Å². The second kappa shape index (κ2) is 7.68. The van der Waals surface area contributed by atoms with E-state index in [1.165, 1.54) is 12.1 Å². The molecule has 9 heteroatoms. The largest absolute Gasteiger partial charge is 0.573 e. The number of hydrogen-bond acceptors (Lipinski definition) is 4. The smallest absolute Gasteiger partial charge is 0.406 e. The molecule has 0 bridgehead atoms. The molecule has 0 aliphatic carbocycles. The maximum Gasteiger partial charge on any atom is 0.573 e. The molecular formula is C20H18ClF3N4O. The SMILES string of the molecule is Cn1c(-c2ccc(OC(F)(F)F)cc2)nc2c1CN(Cc1ccncc1Cl)CC2. The molecule has 0 amide bonds. The summed E-state index contributed by atoms with van der Waals surface area (Å²) in [6.07, 6.45) is -0.544. The lowest BCUT2D eigenvalue weighted by Crippen LogP contribution is -2.31. The number of rotatable bonds is 4. The van der Waals surface area contributed by atoms with Crippen molar-refractivity contribution in [2.45, 2.75) is 25.9 Å². The van der Waals surface area contributed by atoms with Gasteiger partial charge in [0, 0.05) is 51.1 Å². The first kappa shape index (κ1) is 19.7. The summed E-state index contributed by atoms with van der Waals surface area (Å²) in [5.41, 5.74) is 3.86. The van der Waals surface area contributed by atoms with Crippen molar-refractivity contribution >= 4 is 11.6 Å². The van der Waals surface area contributed by atoms with Gasteiger partial charge in [0.15, 0.2) is 0 Å². The van der Waals surface area contributed by atoms with Gasteiger partial charge in [0.05, 0.1) is 16.4 Å². The van der Waals surface area contributed by atoms with Crippen LogP contribution >= 0.6 is 11.6 Å². The maximum atomic E-state index is 12.3. The van der Waals surface area contributed by atoms with Crippen LogP contribution in [0.5, 0.6) is 5.75 Å². The standard InChI is InChI=1S/C20H18ClF3N4O/c1-27-18-12-28(11-14-6-8-25-10-16(14)21)9-7-17(18)26-19(27)13-2-4-15(5-3-13)29-20(22,23)24/h2-6,8,10H,7,9,11-12H2,1H3. The van der Waals surface area contributed by atoms with Crippen LogP contribution in [0.3, 0.4) is 0 Å². The molecule has 4 rings (SSSR count). The monoisotopic (exact) mass is 422 g/mol. The molecule has 1 aromatic carbocycles. The second-order valence-corrected chi connectivity index (χ2v) is 7.29. The number of imidazole rings is 1. The van der Waals surface area contributed by atoms with E-state index in [0.717, 1.165) is 41.3 Å². The minimum Gasteiger partial charge on any atom is -0.406 e. The third-order valence-corrected chi connectivity index (χ3v) is 5.27. The number of pyridine rings is 1. The summed E-state index contributed by atoms with van der Waals surface area (Å²) >= 11 is 6.22. The van der Waals surface area contributed by atoms with Crippen LogP contribution in [0.15, 0.2) is 42.7 Å². The topological polar surface area (TPSA) is 43.2 Å². The van der Waals surface area contributed by atoms with Gasteiger partial charge in [-0.2, -0.15) is 0 Å². The Labute approximate surface area is 170 Å². The molecule has 0 spiro atoms. The summed E-state index contributed by atoms with van der Waals surface area (Å²) < 4.78 is 43.0. The highest BCUT2D eigenvalue weighted by molar-refractivity contribution is 6.31. The van der Waals surface area contributed by atoms with Gasteiger partial charge in [-0.15, -0.1) is 13.2 Å². The Hall–Kier alpha value is -2.58. The molecule has 1 aliphatic heterocycles. The predicted molar refractivity (Wildman–Crippen MR) is 102 cm³/mol. The lowest BCUT2D eigenvalue weighted by atomic mass is 10.1. The number of fused-ring (bicyclic) bond motifs is 1. The lowest BCUT2D eigenvalue weighted by Gasteiger charge is -2.27. The molecule has 5 nitrogen and oxygen atoms in total. The summed E-state index contributed by atoms with van der Waals surface area (Å²) in [7, 11) is 1.92. The van der Waals surface area contributed by atoms with Crippen LogP contribution in [0.25, 0.3) is 11.4 Å². The minimum atomic E-state index is -4.70. The van der Waals surface area contributed by atoms with E-state index in [2.05, 4.69) is 14.6 Å².